The Morgan fingerprint density at radius 2 is 1.94 bits per heavy atom. The van der Waals surface area contributed by atoms with Crippen LogP contribution < -0.4 is 0 Å². The van der Waals surface area contributed by atoms with Gasteiger partial charge in [0, 0.05) is 32.1 Å². The van der Waals surface area contributed by atoms with E-state index in [0.29, 0.717) is 24.5 Å². The zero-order valence-corrected chi connectivity index (χ0v) is 11.9. The van der Waals surface area contributed by atoms with E-state index < -0.39 is 0 Å². The van der Waals surface area contributed by atoms with Crippen LogP contribution in [0.15, 0.2) is 0 Å². The molecule has 1 aliphatic rings. The Morgan fingerprint density at radius 1 is 1.24 bits per heavy atom. The van der Waals surface area contributed by atoms with E-state index in [4.69, 9.17) is 21.1 Å². The van der Waals surface area contributed by atoms with Gasteiger partial charge in [0.25, 0.3) is 0 Å². The van der Waals surface area contributed by atoms with Gasteiger partial charge >= 0.3 is 0 Å². The molecule has 0 unspecified atom stereocenters. The van der Waals surface area contributed by atoms with Gasteiger partial charge in [0.15, 0.2) is 0 Å². The lowest BCUT2D eigenvalue weighted by Gasteiger charge is -2.31. The maximum atomic E-state index is 5.65. The third kappa shape index (κ3) is 7.24. The van der Waals surface area contributed by atoms with E-state index in [9.17, 15) is 0 Å². The predicted octanol–water partition coefficient (Wildman–Crippen LogP) is 2.38. The van der Waals surface area contributed by atoms with E-state index >= 15 is 0 Å². The van der Waals surface area contributed by atoms with Crippen molar-refractivity contribution in [3.05, 3.63) is 0 Å². The van der Waals surface area contributed by atoms with Crippen LogP contribution in [0, 0.1) is 5.92 Å². The predicted molar refractivity (Wildman–Crippen MR) is 71.8 cm³/mol. The third-order valence-electron chi connectivity index (χ3n) is 2.97. The second kappa shape index (κ2) is 9.15. The number of ether oxygens (including phenoxy) is 2. The van der Waals surface area contributed by atoms with Crippen LogP contribution in [0.1, 0.15) is 26.7 Å². The number of nitrogens with zero attached hydrogens (tertiary/aromatic N) is 1. The Labute approximate surface area is 110 Å². The molecule has 1 aliphatic heterocycles. The molecule has 0 saturated carbocycles. The lowest BCUT2D eigenvalue weighted by atomic mass is 10.1. The topological polar surface area (TPSA) is 21.7 Å². The highest BCUT2D eigenvalue weighted by molar-refractivity contribution is 6.17. The van der Waals surface area contributed by atoms with E-state index in [0.717, 1.165) is 45.7 Å². The fourth-order valence-corrected chi connectivity index (χ4v) is 2.11. The van der Waals surface area contributed by atoms with Crippen LogP contribution in [0.2, 0.25) is 0 Å². The third-order valence-corrected chi connectivity index (χ3v) is 3.12. The number of hydrogen-bond donors (Lipinski definition) is 0. The number of alkyl halides is 1. The molecule has 0 aromatic rings. The van der Waals surface area contributed by atoms with Crippen LogP contribution in [-0.2, 0) is 9.47 Å². The summed E-state index contributed by atoms with van der Waals surface area (Å²) in [5, 5.41) is 0. The van der Waals surface area contributed by atoms with E-state index in [2.05, 4.69) is 18.7 Å². The minimum Gasteiger partial charge on any atom is -0.380 e. The molecule has 1 saturated heterocycles. The molecule has 0 amide bonds. The van der Waals surface area contributed by atoms with Crippen molar-refractivity contribution in [2.75, 3.05) is 45.3 Å². The van der Waals surface area contributed by atoms with Gasteiger partial charge in [-0.15, -0.1) is 11.6 Å². The van der Waals surface area contributed by atoms with Gasteiger partial charge in [-0.25, -0.2) is 0 Å². The summed E-state index contributed by atoms with van der Waals surface area (Å²) in [7, 11) is 0. The molecule has 3 nitrogen and oxygen atoms in total. The lowest BCUT2D eigenvalue weighted by molar-refractivity contribution is 0.00622. The first-order chi connectivity index (χ1) is 8.22. The van der Waals surface area contributed by atoms with Crippen molar-refractivity contribution in [3.63, 3.8) is 0 Å². The number of halogens is 1. The Kier molecular flexibility index (Phi) is 8.19. The Balaban J connectivity index is 1.99. The van der Waals surface area contributed by atoms with Gasteiger partial charge in [0.05, 0.1) is 19.3 Å². The monoisotopic (exact) mass is 263 g/mol. The summed E-state index contributed by atoms with van der Waals surface area (Å²) < 4.78 is 11.2. The average Bonchev–Trinajstić information content (AvgIpc) is 2.33. The van der Waals surface area contributed by atoms with E-state index in [1.54, 1.807) is 0 Å². The summed E-state index contributed by atoms with van der Waals surface area (Å²) in [6, 6.07) is 0. The van der Waals surface area contributed by atoms with E-state index in [1.165, 1.54) is 0 Å². The summed E-state index contributed by atoms with van der Waals surface area (Å²) in [6.45, 7) is 10.1. The smallest absolute Gasteiger partial charge is 0.0605 e. The van der Waals surface area contributed by atoms with Crippen molar-refractivity contribution in [1.29, 1.82) is 0 Å². The molecule has 102 valence electrons. The van der Waals surface area contributed by atoms with Gasteiger partial charge in [0.2, 0.25) is 0 Å². The largest absolute Gasteiger partial charge is 0.380 e. The molecular weight excluding hydrogens is 238 g/mol. The maximum absolute atomic E-state index is 5.65. The molecule has 1 rings (SSSR count). The van der Waals surface area contributed by atoms with Gasteiger partial charge in [0.1, 0.15) is 0 Å². The second-order valence-electron chi connectivity index (χ2n) is 5.07. The molecule has 1 heterocycles. The van der Waals surface area contributed by atoms with Crippen molar-refractivity contribution in [2.45, 2.75) is 32.8 Å². The Hall–Kier alpha value is 0.170. The summed E-state index contributed by atoms with van der Waals surface area (Å²) in [5.41, 5.74) is 0. The van der Waals surface area contributed by atoms with Crippen LogP contribution >= 0.6 is 11.6 Å². The standard InChI is InChI=1S/C13H26ClNO2/c1-12(2)11-16-10-8-15-6-3-13(4-7-15)17-9-5-14/h12-13H,3-11H2,1-2H3. The molecule has 17 heavy (non-hydrogen) atoms. The summed E-state index contributed by atoms with van der Waals surface area (Å²) in [5.74, 6) is 1.23. The van der Waals surface area contributed by atoms with Crippen molar-refractivity contribution in [2.24, 2.45) is 5.92 Å². The van der Waals surface area contributed by atoms with Crippen LogP contribution in [0.4, 0.5) is 0 Å². The quantitative estimate of drug-likeness (QED) is 0.496. The second-order valence-corrected chi connectivity index (χ2v) is 5.45. The lowest BCUT2D eigenvalue weighted by Crippen LogP contribution is -2.39. The van der Waals surface area contributed by atoms with Gasteiger partial charge in [-0.3, -0.25) is 0 Å². The molecule has 1 fully saturated rings. The van der Waals surface area contributed by atoms with Gasteiger partial charge < -0.3 is 14.4 Å². The van der Waals surface area contributed by atoms with Gasteiger partial charge in [-0.2, -0.15) is 0 Å². The number of rotatable bonds is 8. The summed E-state index contributed by atoms with van der Waals surface area (Å²) in [4.78, 5) is 2.46. The average molecular weight is 264 g/mol. The number of likely N-dealkylation sites (tertiary alicyclic amines) is 1. The van der Waals surface area contributed by atoms with Crippen LogP contribution in [0.25, 0.3) is 0 Å². The Bertz CT molecular complexity index is 182. The molecule has 0 aromatic heterocycles. The number of piperidine rings is 1. The van der Waals surface area contributed by atoms with Gasteiger partial charge in [-0.1, -0.05) is 13.8 Å². The van der Waals surface area contributed by atoms with Crippen LogP contribution in [0.5, 0.6) is 0 Å². The zero-order valence-electron chi connectivity index (χ0n) is 11.2. The first kappa shape index (κ1) is 15.2. The van der Waals surface area contributed by atoms with Gasteiger partial charge in [-0.05, 0) is 18.8 Å². The molecule has 0 N–H and O–H groups in total. The van der Waals surface area contributed by atoms with Crippen molar-refractivity contribution >= 4 is 11.6 Å². The normalized spacial score (nSPS) is 19.1. The highest BCUT2D eigenvalue weighted by Crippen LogP contribution is 2.13. The SMILES string of the molecule is CC(C)COCCN1CCC(OCCCl)CC1. The van der Waals surface area contributed by atoms with E-state index in [-0.39, 0.29) is 0 Å². The summed E-state index contributed by atoms with van der Waals surface area (Å²) >= 11 is 5.61. The molecule has 0 spiro atoms. The Morgan fingerprint density at radius 3 is 2.53 bits per heavy atom. The van der Waals surface area contributed by atoms with E-state index in [1.807, 2.05) is 0 Å². The molecule has 0 bridgehead atoms. The first-order valence-corrected chi connectivity index (χ1v) is 7.23. The minimum atomic E-state index is 0.418. The van der Waals surface area contributed by atoms with Crippen molar-refractivity contribution in [1.82, 2.24) is 4.90 Å². The highest BCUT2D eigenvalue weighted by atomic mass is 35.5. The van der Waals surface area contributed by atoms with Crippen molar-refractivity contribution in [3.8, 4) is 0 Å². The minimum absolute atomic E-state index is 0.418. The van der Waals surface area contributed by atoms with Crippen LogP contribution in [-0.4, -0.2) is 56.3 Å². The molecule has 0 aliphatic carbocycles. The fraction of sp³-hybridized carbons (Fsp3) is 1.00. The summed E-state index contributed by atoms with van der Waals surface area (Å²) in [6.07, 6.45) is 2.67. The zero-order chi connectivity index (χ0) is 12.5. The highest BCUT2D eigenvalue weighted by Gasteiger charge is 2.18. The molecular formula is C13H26ClNO2. The van der Waals surface area contributed by atoms with Crippen molar-refractivity contribution < 1.29 is 9.47 Å². The molecule has 0 radical (unpaired) electrons. The number of hydrogen-bond acceptors (Lipinski definition) is 3. The van der Waals surface area contributed by atoms with Crippen LogP contribution in [0.3, 0.4) is 0 Å². The molecule has 4 heteroatoms. The maximum Gasteiger partial charge on any atom is 0.0605 e. The first-order valence-electron chi connectivity index (χ1n) is 6.70. The molecule has 0 atom stereocenters. The fourth-order valence-electron chi connectivity index (χ4n) is 2.02. The molecule has 0 aromatic carbocycles.